The molecule has 1 heterocycles. The Bertz CT molecular complexity index is 894. The highest BCUT2D eigenvalue weighted by atomic mass is 16.3. The first-order chi connectivity index (χ1) is 13.3. The van der Waals surface area contributed by atoms with Crippen LogP contribution in [0.5, 0.6) is 17.2 Å². The summed E-state index contributed by atoms with van der Waals surface area (Å²) in [6.45, 7) is 4.85. The van der Waals surface area contributed by atoms with Crippen LogP contribution in [0.2, 0.25) is 0 Å². The minimum atomic E-state index is -0.649. The van der Waals surface area contributed by atoms with Crippen molar-refractivity contribution in [1.29, 1.82) is 0 Å². The molecule has 3 rings (SSSR count). The van der Waals surface area contributed by atoms with E-state index in [1.807, 2.05) is 26.0 Å². The van der Waals surface area contributed by atoms with Gasteiger partial charge in [-0.1, -0.05) is 6.07 Å². The van der Waals surface area contributed by atoms with Gasteiger partial charge >= 0.3 is 0 Å². The monoisotopic (exact) mass is 384 g/mol. The summed E-state index contributed by atoms with van der Waals surface area (Å²) in [7, 11) is 0. The average Bonchev–Trinajstić information content (AvgIpc) is 2.67. The summed E-state index contributed by atoms with van der Waals surface area (Å²) >= 11 is 0. The van der Waals surface area contributed by atoms with Crippen molar-refractivity contribution < 1.29 is 24.9 Å². The predicted octanol–water partition coefficient (Wildman–Crippen LogP) is 2.45. The lowest BCUT2D eigenvalue weighted by Crippen LogP contribution is -2.46. The molecule has 7 nitrogen and oxygen atoms in total. The number of likely N-dealkylation sites (tertiary alicyclic amines) is 1. The number of phenols is 3. The van der Waals surface area contributed by atoms with Gasteiger partial charge in [-0.3, -0.25) is 9.59 Å². The molecule has 0 saturated carbocycles. The summed E-state index contributed by atoms with van der Waals surface area (Å²) in [5, 5.41) is 31.6. The van der Waals surface area contributed by atoms with E-state index in [1.54, 1.807) is 11.0 Å². The molecule has 0 spiro atoms. The van der Waals surface area contributed by atoms with E-state index in [9.17, 15) is 24.9 Å². The summed E-state index contributed by atoms with van der Waals surface area (Å²) in [6.07, 6.45) is 1.22. The lowest BCUT2D eigenvalue weighted by Gasteiger charge is -2.32. The van der Waals surface area contributed by atoms with Gasteiger partial charge in [-0.15, -0.1) is 0 Å². The molecule has 1 fully saturated rings. The largest absolute Gasteiger partial charge is 0.504 e. The third-order valence-electron chi connectivity index (χ3n) is 5.20. The molecule has 7 heteroatoms. The number of hydrogen-bond donors (Lipinski definition) is 4. The Kier molecular flexibility index (Phi) is 5.44. The second kappa shape index (κ2) is 7.80. The number of nitrogens with one attached hydrogen (secondary N) is 1. The zero-order valence-corrected chi connectivity index (χ0v) is 15.9. The normalized spacial score (nSPS) is 14.7. The standard InChI is InChI=1S/C21H24N2O5/c1-12-3-4-14(9-13(12)2)20(27)22-16-5-7-23(8-6-16)21(28)15-10-17(24)19(26)18(25)11-15/h3-4,9-11,16,24-26H,5-8H2,1-2H3,(H,22,27). The van der Waals surface area contributed by atoms with E-state index in [0.717, 1.165) is 23.3 Å². The number of carbonyl (C=O) groups excluding carboxylic acids is 2. The number of carbonyl (C=O) groups is 2. The van der Waals surface area contributed by atoms with Crippen LogP contribution >= 0.6 is 0 Å². The van der Waals surface area contributed by atoms with Crippen molar-refractivity contribution in [2.75, 3.05) is 13.1 Å². The summed E-state index contributed by atoms with van der Waals surface area (Å²) in [6, 6.07) is 7.83. The zero-order chi connectivity index (χ0) is 20.4. The van der Waals surface area contributed by atoms with E-state index < -0.39 is 17.2 Å². The van der Waals surface area contributed by atoms with E-state index >= 15 is 0 Å². The number of hydrogen-bond acceptors (Lipinski definition) is 5. The van der Waals surface area contributed by atoms with Gasteiger partial charge in [0.2, 0.25) is 0 Å². The number of amides is 2. The van der Waals surface area contributed by atoms with Gasteiger partial charge in [-0.2, -0.15) is 0 Å². The summed E-state index contributed by atoms with van der Waals surface area (Å²) in [4.78, 5) is 26.6. The quantitative estimate of drug-likeness (QED) is 0.608. The lowest BCUT2D eigenvalue weighted by molar-refractivity contribution is 0.0697. The molecule has 0 radical (unpaired) electrons. The van der Waals surface area contributed by atoms with Crippen molar-refractivity contribution in [2.45, 2.75) is 32.7 Å². The maximum absolute atomic E-state index is 12.6. The van der Waals surface area contributed by atoms with Crippen molar-refractivity contribution >= 4 is 11.8 Å². The predicted molar refractivity (Wildman–Crippen MR) is 104 cm³/mol. The fourth-order valence-electron chi connectivity index (χ4n) is 3.29. The highest BCUT2D eigenvalue weighted by Gasteiger charge is 2.26. The van der Waals surface area contributed by atoms with Gasteiger partial charge in [0.05, 0.1) is 0 Å². The smallest absolute Gasteiger partial charge is 0.254 e. The Morgan fingerprint density at radius 2 is 1.54 bits per heavy atom. The van der Waals surface area contributed by atoms with Crippen LogP contribution < -0.4 is 5.32 Å². The maximum atomic E-state index is 12.6. The molecule has 0 unspecified atom stereocenters. The number of piperidine rings is 1. The summed E-state index contributed by atoms with van der Waals surface area (Å²) in [5.41, 5.74) is 2.92. The summed E-state index contributed by atoms with van der Waals surface area (Å²) in [5.74, 6) is -2.20. The first-order valence-corrected chi connectivity index (χ1v) is 9.18. The molecule has 2 amide bonds. The molecule has 148 valence electrons. The molecule has 0 bridgehead atoms. The highest BCUT2D eigenvalue weighted by molar-refractivity contribution is 5.96. The van der Waals surface area contributed by atoms with Crippen molar-refractivity contribution in [3.8, 4) is 17.2 Å². The number of aromatic hydroxyl groups is 3. The Morgan fingerprint density at radius 1 is 0.929 bits per heavy atom. The minimum Gasteiger partial charge on any atom is -0.504 e. The highest BCUT2D eigenvalue weighted by Crippen LogP contribution is 2.35. The van der Waals surface area contributed by atoms with Gasteiger partial charge in [-0.25, -0.2) is 0 Å². The lowest BCUT2D eigenvalue weighted by atomic mass is 10.0. The molecule has 1 aliphatic rings. The molecule has 4 N–H and O–H groups in total. The molecular formula is C21H24N2O5. The molecule has 0 aliphatic carbocycles. The van der Waals surface area contributed by atoms with Crippen molar-refractivity contribution in [3.05, 3.63) is 52.6 Å². The average molecular weight is 384 g/mol. The van der Waals surface area contributed by atoms with Crippen LogP contribution in [0.3, 0.4) is 0 Å². The summed E-state index contributed by atoms with van der Waals surface area (Å²) < 4.78 is 0. The number of phenolic OH excluding ortho intramolecular Hbond substituents is 3. The Morgan fingerprint density at radius 3 is 2.11 bits per heavy atom. The second-order valence-electron chi connectivity index (χ2n) is 7.20. The van der Waals surface area contributed by atoms with Crippen LogP contribution in [0, 0.1) is 13.8 Å². The first-order valence-electron chi connectivity index (χ1n) is 9.18. The van der Waals surface area contributed by atoms with Gasteiger partial charge in [0, 0.05) is 30.3 Å². The molecule has 28 heavy (non-hydrogen) atoms. The maximum Gasteiger partial charge on any atom is 0.254 e. The van der Waals surface area contributed by atoms with E-state index in [1.165, 1.54) is 0 Å². The fourth-order valence-corrected chi connectivity index (χ4v) is 3.29. The van der Waals surface area contributed by atoms with Crippen LogP contribution in [-0.2, 0) is 0 Å². The first kappa shape index (κ1) is 19.5. The minimum absolute atomic E-state index is 0.0280. The van der Waals surface area contributed by atoms with Crippen LogP contribution in [0.1, 0.15) is 44.7 Å². The fraction of sp³-hybridized carbons (Fsp3) is 0.333. The Hall–Kier alpha value is -3.22. The van der Waals surface area contributed by atoms with E-state index in [4.69, 9.17) is 0 Å². The van der Waals surface area contributed by atoms with Crippen molar-refractivity contribution in [2.24, 2.45) is 0 Å². The van der Waals surface area contributed by atoms with Crippen LogP contribution in [-0.4, -0.2) is 51.2 Å². The van der Waals surface area contributed by atoms with Crippen LogP contribution in [0.25, 0.3) is 0 Å². The number of nitrogens with zero attached hydrogens (tertiary/aromatic N) is 1. The second-order valence-corrected chi connectivity index (χ2v) is 7.20. The topological polar surface area (TPSA) is 110 Å². The SMILES string of the molecule is Cc1ccc(C(=O)NC2CCN(C(=O)c3cc(O)c(O)c(O)c3)CC2)cc1C. The van der Waals surface area contributed by atoms with Gasteiger partial charge in [0.15, 0.2) is 17.2 Å². The molecule has 0 atom stereocenters. The molecule has 1 aliphatic heterocycles. The van der Waals surface area contributed by atoms with Crippen molar-refractivity contribution in [1.82, 2.24) is 10.2 Å². The van der Waals surface area contributed by atoms with Gasteiger partial charge < -0.3 is 25.5 Å². The molecular weight excluding hydrogens is 360 g/mol. The Balaban J connectivity index is 1.59. The van der Waals surface area contributed by atoms with Gasteiger partial charge in [-0.05, 0) is 62.1 Å². The zero-order valence-electron chi connectivity index (χ0n) is 15.9. The van der Waals surface area contributed by atoms with Crippen LogP contribution in [0.15, 0.2) is 30.3 Å². The molecule has 2 aromatic rings. The van der Waals surface area contributed by atoms with Gasteiger partial charge in [0.1, 0.15) is 0 Å². The number of rotatable bonds is 3. The number of aryl methyl sites for hydroxylation is 2. The van der Waals surface area contributed by atoms with E-state index in [2.05, 4.69) is 5.32 Å². The van der Waals surface area contributed by atoms with E-state index in [0.29, 0.717) is 31.5 Å². The van der Waals surface area contributed by atoms with E-state index in [-0.39, 0.29) is 23.4 Å². The van der Waals surface area contributed by atoms with Crippen LogP contribution in [0.4, 0.5) is 0 Å². The Labute approximate surface area is 163 Å². The molecule has 2 aromatic carbocycles. The number of benzene rings is 2. The van der Waals surface area contributed by atoms with Gasteiger partial charge in [0.25, 0.3) is 11.8 Å². The molecule has 0 aromatic heterocycles. The third-order valence-corrected chi connectivity index (χ3v) is 5.20. The van der Waals surface area contributed by atoms with Crippen molar-refractivity contribution in [3.63, 3.8) is 0 Å². The third kappa shape index (κ3) is 4.03. The molecule has 1 saturated heterocycles.